The van der Waals surface area contributed by atoms with Crippen LogP contribution in [0.5, 0.6) is 0 Å². The van der Waals surface area contributed by atoms with E-state index in [0.29, 0.717) is 30.1 Å². The van der Waals surface area contributed by atoms with Crippen molar-refractivity contribution < 1.29 is 21.6 Å². The normalized spacial score (nSPS) is 12.9. The topological polar surface area (TPSA) is 74.8 Å². The summed E-state index contributed by atoms with van der Waals surface area (Å²) >= 11 is 0. The molecule has 27 heavy (non-hydrogen) atoms. The molecule has 0 bridgehead atoms. The van der Waals surface area contributed by atoms with E-state index in [1.165, 1.54) is 0 Å². The Morgan fingerprint density at radius 1 is 1.07 bits per heavy atom. The van der Waals surface area contributed by atoms with Crippen molar-refractivity contribution in [2.75, 3.05) is 0 Å². The fourth-order valence-corrected chi connectivity index (χ4v) is 3.93. The molecule has 1 aromatic heterocycles. The van der Waals surface area contributed by atoms with Gasteiger partial charge in [0.25, 0.3) is 0 Å². The summed E-state index contributed by atoms with van der Waals surface area (Å²) in [6.45, 7) is 1.71. The predicted octanol–water partition coefficient (Wildman–Crippen LogP) is 3.92. The highest BCUT2D eigenvalue weighted by Crippen LogP contribution is 2.24. The third-order valence-electron chi connectivity index (χ3n) is 4.01. The van der Waals surface area contributed by atoms with E-state index in [1.807, 2.05) is 30.3 Å². The molecule has 3 rings (SSSR count). The van der Waals surface area contributed by atoms with Crippen molar-refractivity contribution in [2.45, 2.75) is 24.3 Å². The zero-order valence-electron chi connectivity index (χ0n) is 14.2. The number of halogens is 3. The Kier molecular flexibility index (Phi) is 5.33. The molecule has 1 unspecified atom stereocenters. The minimum atomic E-state index is -4.44. The van der Waals surface area contributed by atoms with Crippen LogP contribution in [0.15, 0.2) is 53.6 Å². The summed E-state index contributed by atoms with van der Waals surface area (Å²) in [5.41, 5.74) is 1.54. The van der Waals surface area contributed by atoms with Crippen LogP contribution < -0.4 is 4.72 Å². The molecule has 0 aliphatic rings. The average Bonchev–Trinajstić information content (AvgIpc) is 3.15. The molecule has 0 aliphatic carbocycles. The third-order valence-corrected chi connectivity index (χ3v) is 5.49. The standard InChI is InChI=1S/C18H16F3N3O2S/c1-2-13(18-22-10-14(23-18)11-6-4-3-5-7-11)24-27(25,26)15-9-8-12(19)16(20)17(15)21/h3-10,13,24H,2H2,1H3,(H,22,23). The fourth-order valence-electron chi connectivity index (χ4n) is 2.58. The minimum Gasteiger partial charge on any atom is -0.341 e. The number of nitrogens with zero attached hydrogens (tertiary/aromatic N) is 1. The van der Waals surface area contributed by atoms with Crippen LogP contribution in [0.4, 0.5) is 13.2 Å². The molecule has 0 saturated heterocycles. The van der Waals surface area contributed by atoms with Gasteiger partial charge in [-0.25, -0.2) is 31.3 Å². The maximum Gasteiger partial charge on any atom is 0.244 e. The Bertz CT molecular complexity index is 1050. The van der Waals surface area contributed by atoms with Gasteiger partial charge in [0.15, 0.2) is 17.5 Å². The second-order valence-electron chi connectivity index (χ2n) is 5.80. The first kappa shape index (κ1) is 19.1. The second-order valence-corrected chi connectivity index (χ2v) is 7.49. The van der Waals surface area contributed by atoms with Crippen LogP contribution in [-0.2, 0) is 10.0 Å². The van der Waals surface area contributed by atoms with E-state index in [0.717, 1.165) is 5.56 Å². The molecule has 2 aromatic carbocycles. The molecule has 9 heteroatoms. The van der Waals surface area contributed by atoms with Crippen LogP contribution in [0, 0.1) is 17.5 Å². The van der Waals surface area contributed by atoms with E-state index in [9.17, 15) is 21.6 Å². The van der Waals surface area contributed by atoms with Gasteiger partial charge in [-0.1, -0.05) is 37.3 Å². The first-order valence-corrected chi connectivity index (χ1v) is 9.58. The highest BCUT2D eigenvalue weighted by atomic mass is 32.2. The second kappa shape index (κ2) is 7.53. The van der Waals surface area contributed by atoms with Gasteiger partial charge in [0.05, 0.1) is 17.9 Å². The first-order valence-electron chi connectivity index (χ1n) is 8.09. The van der Waals surface area contributed by atoms with Crippen LogP contribution >= 0.6 is 0 Å². The Hall–Kier alpha value is -2.65. The Labute approximate surface area is 154 Å². The minimum absolute atomic E-state index is 0.298. The summed E-state index contributed by atoms with van der Waals surface area (Å²) in [5.74, 6) is -4.74. The molecule has 2 N–H and O–H groups in total. The van der Waals surface area contributed by atoms with Crippen LogP contribution in [0.3, 0.4) is 0 Å². The SMILES string of the molecule is CCC(NS(=O)(=O)c1ccc(F)c(F)c1F)c1ncc(-c2ccccc2)[nH]1. The molecular weight excluding hydrogens is 379 g/mol. The fraction of sp³-hybridized carbons (Fsp3) is 0.167. The molecule has 142 valence electrons. The molecule has 0 amide bonds. The molecule has 1 atom stereocenters. The van der Waals surface area contributed by atoms with Gasteiger partial charge in [0.1, 0.15) is 10.7 Å². The van der Waals surface area contributed by atoms with Crippen LogP contribution in [-0.4, -0.2) is 18.4 Å². The van der Waals surface area contributed by atoms with Crippen LogP contribution in [0.1, 0.15) is 25.2 Å². The zero-order valence-corrected chi connectivity index (χ0v) is 15.0. The van der Waals surface area contributed by atoms with Gasteiger partial charge in [-0.05, 0) is 24.1 Å². The molecule has 1 heterocycles. The Morgan fingerprint density at radius 3 is 2.44 bits per heavy atom. The summed E-state index contributed by atoms with van der Waals surface area (Å²) in [6, 6.07) is 9.72. The number of benzene rings is 2. The van der Waals surface area contributed by atoms with Crippen molar-refractivity contribution in [3.63, 3.8) is 0 Å². The predicted molar refractivity (Wildman–Crippen MR) is 93.7 cm³/mol. The maximum absolute atomic E-state index is 13.9. The highest BCUT2D eigenvalue weighted by Gasteiger charge is 2.27. The number of hydrogen-bond donors (Lipinski definition) is 2. The van der Waals surface area contributed by atoms with Crippen molar-refractivity contribution in [3.8, 4) is 11.3 Å². The van der Waals surface area contributed by atoms with E-state index in [-0.39, 0.29) is 0 Å². The molecule has 0 aliphatic heterocycles. The quantitative estimate of drug-likeness (QED) is 0.621. The third kappa shape index (κ3) is 3.88. The van der Waals surface area contributed by atoms with Gasteiger partial charge in [0.2, 0.25) is 10.0 Å². The lowest BCUT2D eigenvalue weighted by Crippen LogP contribution is -2.30. The van der Waals surface area contributed by atoms with Gasteiger partial charge in [-0.2, -0.15) is 0 Å². The van der Waals surface area contributed by atoms with Crippen LogP contribution in [0.25, 0.3) is 11.3 Å². The maximum atomic E-state index is 13.9. The lowest BCUT2D eigenvalue weighted by atomic mass is 10.2. The number of nitrogens with one attached hydrogen (secondary N) is 2. The van der Waals surface area contributed by atoms with Gasteiger partial charge in [-0.15, -0.1) is 0 Å². The van der Waals surface area contributed by atoms with E-state index in [1.54, 1.807) is 13.1 Å². The molecule has 0 radical (unpaired) electrons. The van der Waals surface area contributed by atoms with Crippen molar-refractivity contribution in [1.29, 1.82) is 0 Å². The van der Waals surface area contributed by atoms with Gasteiger partial charge in [-0.3, -0.25) is 0 Å². The van der Waals surface area contributed by atoms with Gasteiger partial charge in [0, 0.05) is 0 Å². The number of imidazole rings is 1. The average molecular weight is 395 g/mol. The summed E-state index contributed by atoms with van der Waals surface area (Å²) in [7, 11) is -4.44. The van der Waals surface area contributed by atoms with E-state index < -0.39 is 38.4 Å². The number of H-pyrrole nitrogens is 1. The van der Waals surface area contributed by atoms with Gasteiger partial charge >= 0.3 is 0 Å². The molecule has 0 spiro atoms. The molecular formula is C18H16F3N3O2S. The van der Waals surface area contributed by atoms with Gasteiger partial charge < -0.3 is 4.98 Å². The van der Waals surface area contributed by atoms with Crippen molar-refractivity contribution in [2.24, 2.45) is 0 Å². The molecule has 3 aromatic rings. The summed E-state index contributed by atoms with van der Waals surface area (Å²) in [5, 5.41) is 0. The van der Waals surface area contributed by atoms with Crippen molar-refractivity contribution >= 4 is 10.0 Å². The van der Waals surface area contributed by atoms with E-state index >= 15 is 0 Å². The first-order chi connectivity index (χ1) is 12.8. The van der Waals surface area contributed by atoms with E-state index in [2.05, 4.69) is 14.7 Å². The summed E-state index contributed by atoms with van der Waals surface area (Å²) < 4.78 is 67.5. The number of sulfonamides is 1. The summed E-state index contributed by atoms with van der Waals surface area (Å²) in [4.78, 5) is 6.25. The number of rotatable bonds is 6. The monoisotopic (exact) mass is 395 g/mol. The smallest absolute Gasteiger partial charge is 0.244 e. The van der Waals surface area contributed by atoms with E-state index in [4.69, 9.17) is 0 Å². The molecule has 0 fully saturated rings. The molecule has 0 saturated carbocycles. The lowest BCUT2D eigenvalue weighted by Gasteiger charge is -2.15. The van der Waals surface area contributed by atoms with Crippen molar-refractivity contribution in [1.82, 2.24) is 14.7 Å². The largest absolute Gasteiger partial charge is 0.341 e. The van der Waals surface area contributed by atoms with Crippen LogP contribution in [0.2, 0.25) is 0 Å². The number of aromatic amines is 1. The Balaban J connectivity index is 1.89. The van der Waals surface area contributed by atoms with Crippen molar-refractivity contribution in [3.05, 3.63) is 71.9 Å². The Morgan fingerprint density at radius 2 is 1.78 bits per heavy atom. The number of hydrogen-bond acceptors (Lipinski definition) is 3. The summed E-state index contributed by atoms with van der Waals surface area (Å²) in [6.07, 6.45) is 1.85. The number of aromatic nitrogens is 2. The zero-order chi connectivity index (χ0) is 19.6. The highest BCUT2D eigenvalue weighted by molar-refractivity contribution is 7.89. The lowest BCUT2D eigenvalue weighted by molar-refractivity contribution is 0.430. The molecule has 5 nitrogen and oxygen atoms in total.